The Balaban J connectivity index is 2.01. The van der Waals surface area contributed by atoms with E-state index in [0.717, 1.165) is 32.5 Å². The molecule has 0 saturated carbocycles. The molecule has 2 rings (SSSR count). The minimum Gasteiger partial charge on any atom is -0.496 e. The molecule has 4 nitrogen and oxygen atoms in total. The maximum atomic E-state index is 12.5. The Morgan fingerprint density at radius 3 is 2.58 bits per heavy atom. The predicted octanol–water partition coefficient (Wildman–Crippen LogP) is 2.19. The van der Waals surface area contributed by atoms with Crippen LogP contribution in [0.2, 0.25) is 0 Å². The quantitative estimate of drug-likeness (QED) is 0.836. The van der Waals surface area contributed by atoms with Crippen molar-refractivity contribution in [3.63, 3.8) is 0 Å². The normalized spacial score (nSPS) is 16.4. The minimum atomic E-state index is 0.0633. The van der Waals surface area contributed by atoms with Crippen LogP contribution >= 0.6 is 0 Å². The zero-order chi connectivity index (χ0) is 13.7. The predicted molar refractivity (Wildman–Crippen MR) is 73.5 cm³/mol. The van der Waals surface area contributed by atoms with Crippen LogP contribution in [-0.4, -0.2) is 44.7 Å². The number of rotatable bonds is 4. The zero-order valence-electron chi connectivity index (χ0n) is 11.6. The summed E-state index contributed by atoms with van der Waals surface area (Å²) in [5.41, 5.74) is 0.648. The smallest absolute Gasteiger partial charge is 0.257 e. The highest BCUT2D eigenvalue weighted by Crippen LogP contribution is 2.23. The lowest BCUT2D eigenvalue weighted by Gasteiger charge is -2.32. The molecular weight excluding hydrogens is 242 g/mol. The Morgan fingerprint density at radius 2 is 1.95 bits per heavy atom. The third-order valence-electron chi connectivity index (χ3n) is 3.64. The second kappa shape index (κ2) is 6.57. The number of carbonyl (C=O) groups is 1. The first kappa shape index (κ1) is 13.9. The second-order valence-electron chi connectivity index (χ2n) is 4.89. The number of likely N-dealkylation sites (tertiary alicyclic amines) is 1. The molecule has 1 aliphatic heterocycles. The maximum Gasteiger partial charge on any atom is 0.257 e. The highest BCUT2D eigenvalue weighted by atomic mass is 16.5. The van der Waals surface area contributed by atoms with E-state index < -0.39 is 0 Å². The van der Waals surface area contributed by atoms with Crippen LogP contribution in [0.25, 0.3) is 0 Å². The van der Waals surface area contributed by atoms with E-state index in [1.54, 1.807) is 14.2 Å². The molecule has 1 aromatic carbocycles. The molecule has 0 radical (unpaired) electrons. The van der Waals surface area contributed by atoms with Gasteiger partial charge < -0.3 is 14.4 Å². The summed E-state index contributed by atoms with van der Waals surface area (Å²) >= 11 is 0. The van der Waals surface area contributed by atoms with Crippen molar-refractivity contribution in [2.45, 2.75) is 12.8 Å². The topological polar surface area (TPSA) is 38.8 Å². The molecule has 1 saturated heterocycles. The first-order chi connectivity index (χ1) is 9.26. The summed E-state index contributed by atoms with van der Waals surface area (Å²) in [4.78, 5) is 14.4. The fourth-order valence-electron chi connectivity index (χ4n) is 2.53. The van der Waals surface area contributed by atoms with Gasteiger partial charge in [-0.2, -0.15) is 0 Å². The molecule has 0 bridgehead atoms. The highest BCUT2D eigenvalue weighted by Gasteiger charge is 2.25. The SMILES string of the molecule is COCC1CCN(C(=O)c2ccccc2OC)CC1. The molecule has 0 spiro atoms. The summed E-state index contributed by atoms with van der Waals surface area (Å²) in [6.07, 6.45) is 2.02. The molecule has 1 aliphatic rings. The van der Waals surface area contributed by atoms with Crippen molar-refractivity contribution in [1.82, 2.24) is 4.90 Å². The lowest BCUT2D eigenvalue weighted by Crippen LogP contribution is -2.39. The number of ether oxygens (including phenoxy) is 2. The van der Waals surface area contributed by atoms with Gasteiger partial charge in [-0.05, 0) is 30.9 Å². The van der Waals surface area contributed by atoms with Gasteiger partial charge in [-0.3, -0.25) is 4.79 Å². The van der Waals surface area contributed by atoms with Gasteiger partial charge in [0.05, 0.1) is 12.7 Å². The largest absolute Gasteiger partial charge is 0.496 e. The summed E-state index contributed by atoms with van der Waals surface area (Å²) in [6, 6.07) is 7.39. The van der Waals surface area contributed by atoms with E-state index in [0.29, 0.717) is 17.2 Å². The van der Waals surface area contributed by atoms with Gasteiger partial charge in [0.2, 0.25) is 0 Å². The lowest BCUT2D eigenvalue weighted by atomic mass is 9.97. The third kappa shape index (κ3) is 3.26. The Bertz CT molecular complexity index is 425. The van der Waals surface area contributed by atoms with Crippen LogP contribution in [0.15, 0.2) is 24.3 Å². The van der Waals surface area contributed by atoms with Gasteiger partial charge >= 0.3 is 0 Å². The van der Waals surface area contributed by atoms with Gasteiger partial charge in [0, 0.05) is 26.8 Å². The van der Waals surface area contributed by atoms with Crippen molar-refractivity contribution in [2.75, 3.05) is 33.9 Å². The zero-order valence-corrected chi connectivity index (χ0v) is 11.6. The molecule has 1 aromatic rings. The standard InChI is InChI=1S/C15H21NO3/c1-18-11-12-7-9-16(10-8-12)15(17)13-5-3-4-6-14(13)19-2/h3-6,12H,7-11H2,1-2H3. The molecule has 104 valence electrons. The molecule has 1 heterocycles. The first-order valence-corrected chi connectivity index (χ1v) is 6.67. The van der Waals surface area contributed by atoms with Crippen molar-refractivity contribution in [3.05, 3.63) is 29.8 Å². The van der Waals surface area contributed by atoms with Crippen LogP contribution in [-0.2, 0) is 4.74 Å². The van der Waals surface area contributed by atoms with Crippen molar-refractivity contribution >= 4 is 5.91 Å². The van der Waals surface area contributed by atoms with Crippen molar-refractivity contribution in [3.8, 4) is 5.75 Å². The van der Waals surface area contributed by atoms with Crippen LogP contribution in [0.3, 0.4) is 0 Å². The number of para-hydroxylation sites is 1. The first-order valence-electron chi connectivity index (χ1n) is 6.67. The molecule has 1 fully saturated rings. The lowest BCUT2D eigenvalue weighted by molar-refractivity contribution is 0.0610. The summed E-state index contributed by atoms with van der Waals surface area (Å²) in [5.74, 6) is 1.28. The van der Waals surface area contributed by atoms with Crippen LogP contribution in [0, 0.1) is 5.92 Å². The summed E-state index contributed by atoms with van der Waals surface area (Å²) < 4.78 is 10.4. The molecule has 0 aliphatic carbocycles. The molecule has 4 heteroatoms. The number of hydrogen-bond donors (Lipinski definition) is 0. The number of carbonyl (C=O) groups excluding carboxylic acids is 1. The van der Waals surface area contributed by atoms with Gasteiger partial charge in [-0.25, -0.2) is 0 Å². The summed E-state index contributed by atoms with van der Waals surface area (Å²) in [6.45, 7) is 2.38. The summed E-state index contributed by atoms with van der Waals surface area (Å²) in [5, 5.41) is 0. The molecule has 0 atom stereocenters. The van der Waals surface area contributed by atoms with E-state index >= 15 is 0 Å². The number of nitrogens with zero attached hydrogens (tertiary/aromatic N) is 1. The molecule has 19 heavy (non-hydrogen) atoms. The van der Waals surface area contributed by atoms with Crippen LogP contribution < -0.4 is 4.74 Å². The molecule has 0 aromatic heterocycles. The van der Waals surface area contributed by atoms with Crippen molar-refractivity contribution < 1.29 is 14.3 Å². The average molecular weight is 263 g/mol. The van der Waals surface area contributed by atoms with Crippen LogP contribution in [0.4, 0.5) is 0 Å². The fraction of sp³-hybridized carbons (Fsp3) is 0.533. The van der Waals surface area contributed by atoms with Gasteiger partial charge in [0.15, 0.2) is 0 Å². The highest BCUT2D eigenvalue weighted by molar-refractivity contribution is 5.97. The minimum absolute atomic E-state index is 0.0633. The van der Waals surface area contributed by atoms with E-state index in [4.69, 9.17) is 9.47 Å². The molecule has 0 unspecified atom stereocenters. The monoisotopic (exact) mass is 263 g/mol. The van der Waals surface area contributed by atoms with Gasteiger partial charge in [0.1, 0.15) is 5.75 Å². The average Bonchev–Trinajstić information content (AvgIpc) is 2.47. The second-order valence-corrected chi connectivity index (χ2v) is 4.89. The summed E-state index contributed by atoms with van der Waals surface area (Å²) in [7, 11) is 3.32. The Hall–Kier alpha value is -1.55. The maximum absolute atomic E-state index is 12.5. The Labute approximate surface area is 114 Å². The van der Waals surface area contributed by atoms with Crippen molar-refractivity contribution in [2.24, 2.45) is 5.92 Å². The number of amides is 1. The van der Waals surface area contributed by atoms with E-state index in [9.17, 15) is 4.79 Å². The molecule has 0 N–H and O–H groups in total. The fourth-order valence-corrected chi connectivity index (χ4v) is 2.53. The Morgan fingerprint density at radius 1 is 1.26 bits per heavy atom. The van der Waals surface area contributed by atoms with Crippen LogP contribution in [0.5, 0.6) is 5.75 Å². The molecular formula is C15H21NO3. The Kier molecular flexibility index (Phi) is 4.80. The van der Waals surface area contributed by atoms with Crippen LogP contribution in [0.1, 0.15) is 23.2 Å². The van der Waals surface area contributed by atoms with Gasteiger partial charge in [0.25, 0.3) is 5.91 Å². The van der Waals surface area contributed by atoms with Gasteiger partial charge in [-0.1, -0.05) is 12.1 Å². The van der Waals surface area contributed by atoms with E-state index in [1.165, 1.54) is 0 Å². The van der Waals surface area contributed by atoms with E-state index in [1.807, 2.05) is 29.2 Å². The number of hydrogen-bond acceptors (Lipinski definition) is 3. The van der Waals surface area contributed by atoms with Gasteiger partial charge in [-0.15, -0.1) is 0 Å². The number of benzene rings is 1. The molecule has 1 amide bonds. The van der Waals surface area contributed by atoms with E-state index in [-0.39, 0.29) is 5.91 Å². The number of methoxy groups -OCH3 is 2. The number of piperidine rings is 1. The van der Waals surface area contributed by atoms with E-state index in [2.05, 4.69) is 0 Å². The van der Waals surface area contributed by atoms with Crippen molar-refractivity contribution in [1.29, 1.82) is 0 Å². The third-order valence-corrected chi connectivity index (χ3v) is 3.64.